The SMILES string of the molecule is COCCN1C(=O)NC(c2ccc(OC)cc2)C(c2nc(-c3ccc(OC)cc3)no2)=C1C. The number of urea groups is 1. The normalized spacial score (nSPS) is 16.1. The van der Waals surface area contributed by atoms with E-state index < -0.39 is 6.04 Å². The van der Waals surface area contributed by atoms with Gasteiger partial charge >= 0.3 is 6.03 Å². The van der Waals surface area contributed by atoms with Crippen molar-refractivity contribution in [2.75, 3.05) is 34.5 Å². The fourth-order valence-electron chi connectivity index (χ4n) is 3.75. The lowest BCUT2D eigenvalue weighted by atomic mass is 9.94. The molecule has 0 spiro atoms. The molecule has 9 nitrogen and oxygen atoms in total. The van der Waals surface area contributed by atoms with Crippen LogP contribution in [0.3, 0.4) is 0 Å². The Labute approximate surface area is 191 Å². The van der Waals surface area contributed by atoms with Crippen LogP contribution in [0.4, 0.5) is 4.79 Å². The van der Waals surface area contributed by atoms with Gasteiger partial charge in [0.2, 0.25) is 5.82 Å². The first kappa shape index (κ1) is 22.3. The van der Waals surface area contributed by atoms with E-state index in [4.69, 9.17) is 18.7 Å². The average Bonchev–Trinajstić information content (AvgIpc) is 3.33. The first-order valence-electron chi connectivity index (χ1n) is 10.5. The van der Waals surface area contributed by atoms with Crippen molar-refractivity contribution in [3.8, 4) is 22.9 Å². The number of rotatable bonds is 8. The average molecular weight is 450 g/mol. The Hall–Kier alpha value is -3.85. The van der Waals surface area contributed by atoms with Crippen LogP contribution in [-0.2, 0) is 4.74 Å². The van der Waals surface area contributed by atoms with E-state index in [1.807, 2.05) is 55.5 Å². The van der Waals surface area contributed by atoms with E-state index in [0.717, 1.165) is 33.9 Å². The van der Waals surface area contributed by atoms with E-state index >= 15 is 0 Å². The van der Waals surface area contributed by atoms with Crippen LogP contribution in [-0.4, -0.2) is 55.6 Å². The van der Waals surface area contributed by atoms with Crippen molar-refractivity contribution in [2.24, 2.45) is 0 Å². The number of ether oxygens (including phenoxy) is 3. The minimum atomic E-state index is -0.466. The van der Waals surface area contributed by atoms with Crippen molar-refractivity contribution in [2.45, 2.75) is 13.0 Å². The Morgan fingerprint density at radius 1 is 1.00 bits per heavy atom. The van der Waals surface area contributed by atoms with E-state index in [-0.39, 0.29) is 6.03 Å². The molecule has 2 amide bonds. The number of nitrogens with one attached hydrogen (secondary N) is 1. The van der Waals surface area contributed by atoms with Crippen molar-refractivity contribution in [3.05, 3.63) is 65.7 Å². The highest BCUT2D eigenvalue weighted by Crippen LogP contribution is 2.37. The van der Waals surface area contributed by atoms with Crippen molar-refractivity contribution in [1.82, 2.24) is 20.4 Å². The van der Waals surface area contributed by atoms with Crippen molar-refractivity contribution < 1.29 is 23.5 Å². The van der Waals surface area contributed by atoms with Gasteiger partial charge < -0.3 is 24.1 Å². The molecule has 33 heavy (non-hydrogen) atoms. The predicted molar refractivity (Wildman–Crippen MR) is 122 cm³/mol. The molecule has 0 saturated heterocycles. The number of hydrogen-bond acceptors (Lipinski definition) is 7. The van der Waals surface area contributed by atoms with Crippen LogP contribution in [0.2, 0.25) is 0 Å². The summed E-state index contributed by atoms with van der Waals surface area (Å²) < 4.78 is 21.4. The number of carbonyl (C=O) groups is 1. The van der Waals surface area contributed by atoms with E-state index in [9.17, 15) is 4.79 Å². The van der Waals surface area contributed by atoms with Gasteiger partial charge in [-0.25, -0.2) is 4.79 Å². The molecule has 1 unspecified atom stereocenters. The maximum atomic E-state index is 12.9. The molecule has 1 aliphatic heterocycles. The van der Waals surface area contributed by atoms with Crippen LogP contribution in [0.25, 0.3) is 17.0 Å². The summed E-state index contributed by atoms with van der Waals surface area (Å²) in [6, 6.07) is 14.2. The molecular formula is C24H26N4O5. The second kappa shape index (κ2) is 9.74. The summed E-state index contributed by atoms with van der Waals surface area (Å²) in [6.07, 6.45) is 0. The molecule has 1 atom stereocenters. The fourth-order valence-corrected chi connectivity index (χ4v) is 3.75. The third kappa shape index (κ3) is 4.54. The number of amides is 2. The molecule has 1 aromatic heterocycles. The van der Waals surface area contributed by atoms with Gasteiger partial charge in [-0.15, -0.1) is 0 Å². The highest BCUT2D eigenvalue weighted by Gasteiger charge is 2.35. The van der Waals surface area contributed by atoms with Crippen LogP contribution < -0.4 is 14.8 Å². The minimum Gasteiger partial charge on any atom is -0.497 e. The molecule has 0 saturated carbocycles. The fraction of sp³-hybridized carbons (Fsp3) is 0.292. The standard InChI is InChI=1S/C24H26N4O5/c1-15-20(23-26-22(27-33-23)17-7-11-19(32-4)12-8-17)21(16-5-9-18(31-3)10-6-16)25-24(29)28(15)13-14-30-2/h5-12,21H,13-14H2,1-4H3,(H,25,29). The molecule has 0 radical (unpaired) electrons. The smallest absolute Gasteiger partial charge is 0.322 e. The zero-order valence-corrected chi connectivity index (χ0v) is 19.0. The van der Waals surface area contributed by atoms with E-state index in [0.29, 0.717) is 24.9 Å². The lowest BCUT2D eigenvalue weighted by molar-refractivity contribution is 0.158. The summed E-state index contributed by atoms with van der Waals surface area (Å²) in [5.41, 5.74) is 3.11. The molecule has 172 valence electrons. The Bertz CT molecular complexity index is 1140. The van der Waals surface area contributed by atoms with E-state index in [1.165, 1.54) is 0 Å². The second-order valence-electron chi connectivity index (χ2n) is 7.45. The zero-order chi connectivity index (χ0) is 23.4. The maximum absolute atomic E-state index is 12.9. The van der Waals surface area contributed by atoms with Crippen LogP contribution in [0.1, 0.15) is 24.4 Å². The Kier molecular flexibility index (Phi) is 6.60. The number of nitrogens with zero attached hydrogens (tertiary/aromatic N) is 3. The third-order valence-corrected chi connectivity index (χ3v) is 5.57. The summed E-state index contributed by atoms with van der Waals surface area (Å²) >= 11 is 0. The molecule has 9 heteroatoms. The van der Waals surface area contributed by atoms with E-state index in [2.05, 4.69) is 15.5 Å². The van der Waals surface area contributed by atoms with Crippen molar-refractivity contribution >= 4 is 11.6 Å². The van der Waals surface area contributed by atoms with Gasteiger partial charge in [0.25, 0.3) is 5.89 Å². The molecular weight excluding hydrogens is 424 g/mol. The number of hydrogen-bond donors (Lipinski definition) is 1. The molecule has 0 fully saturated rings. The van der Waals surface area contributed by atoms with Gasteiger partial charge in [0, 0.05) is 18.4 Å². The number of methoxy groups -OCH3 is 3. The summed E-state index contributed by atoms with van der Waals surface area (Å²) in [5.74, 6) is 2.25. The summed E-state index contributed by atoms with van der Waals surface area (Å²) in [7, 11) is 4.82. The van der Waals surface area contributed by atoms with Gasteiger partial charge in [0.15, 0.2) is 0 Å². The molecule has 1 aliphatic rings. The predicted octanol–water partition coefficient (Wildman–Crippen LogP) is 3.90. The molecule has 2 aromatic carbocycles. The minimum absolute atomic E-state index is 0.219. The van der Waals surface area contributed by atoms with Crippen LogP contribution >= 0.6 is 0 Å². The maximum Gasteiger partial charge on any atom is 0.322 e. The number of allylic oxidation sites excluding steroid dienone is 1. The molecule has 1 N–H and O–H groups in total. The van der Waals surface area contributed by atoms with Gasteiger partial charge in [-0.3, -0.25) is 4.90 Å². The highest BCUT2D eigenvalue weighted by atomic mass is 16.5. The number of aromatic nitrogens is 2. The van der Waals surface area contributed by atoms with Gasteiger partial charge in [0.1, 0.15) is 11.5 Å². The highest BCUT2D eigenvalue weighted by molar-refractivity contribution is 5.86. The van der Waals surface area contributed by atoms with Gasteiger partial charge in [-0.2, -0.15) is 4.98 Å². The lowest BCUT2D eigenvalue weighted by Crippen LogP contribution is -2.47. The Morgan fingerprint density at radius 3 is 2.24 bits per heavy atom. The molecule has 4 rings (SSSR count). The van der Waals surface area contributed by atoms with E-state index in [1.54, 1.807) is 26.2 Å². The summed E-state index contributed by atoms with van der Waals surface area (Å²) in [4.78, 5) is 19.2. The first-order valence-corrected chi connectivity index (χ1v) is 10.5. The van der Waals surface area contributed by atoms with Crippen LogP contribution in [0.15, 0.2) is 58.8 Å². The Balaban J connectivity index is 1.76. The zero-order valence-electron chi connectivity index (χ0n) is 19.0. The third-order valence-electron chi connectivity index (χ3n) is 5.57. The summed E-state index contributed by atoms with van der Waals surface area (Å²) in [5, 5.41) is 7.24. The van der Waals surface area contributed by atoms with Crippen molar-refractivity contribution in [3.63, 3.8) is 0 Å². The largest absolute Gasteiger partial charge is 0.497 e. The monoisotopic (exact) mass is 450 g/mol. The molecule has 3 aromatic rings. The van der Waals surface area contributed by atoms with Crippen molar-refractivity contribution in [1.29, 1.82) is 0 Å². The molecule has 0 aliphatic carbocycles. The second-order valence-corrected chi connectivity index (χ2v) is 7.45. The van der Waals surface area contributed by atoms with Gasteiger partial charge in [-0.05, 0) is 48.9 Å². The lowest BCUT2D eigenvalue weighted by Gasteiger charge is -2.35. The Morgan fingerprint density at radius 2 is 1.64 bits per heavy atom. The number of carbonyl (C=O) groups excluding carboxylic acids is 1. The van der Waals surface area contributed by atoms with Gasteiger partial charge in [-0.1, -0.05) is 17.3 Å². The number of benzene rings is 2. The quantitative estimate of drug-likeness (QED) is 0.556. The topological polar surface area (TPSA) is 99.0 Å². The molecule has 0 bridgehead atoms. The first-order chi connectivity index (χ1) is 16.0. The van der Waals surface area contributed by atoms with Crippen LogP contribution in [0.5, 0.6) is 11.5 Å². The van der Waals surface area contributed by atoms with Crippen LogP contribution in [0, 0.1) is 0 Å². The molecule has 2 heterocycles. The van der Waals surface area contributed by atoms with Gasteiger partial charge in [0.05, 0.1) is 39.0 Å². The summed E-state index contributed by atoms with van der Waals surface area (Å²) in [6.45, 7) is 2.66.